The molecule has 0 bridgehead atoms. The summed E-state index contributed by atoms with van der Waals surface area (Å²) in [6.07, 6.45) is -0.0447. The van der Waals surface area contributed by atoms with Crippen LogP contribution in [0.15, 0.2) is 11.0 Å². The summed E-state index contributed by atoms with van der Waals surface area (Å²) < 4.78 is 22.9. The van der Waals surface area contributed by atoms with E-state index in [-0.39, 0.29) is 19.1 Å². The van der Waals surface area contributed by atoms with Crippen LogP contribution in [0.1, 0.15) is 61.8 Å². The zero-order valence-corrected chi connectivity index (χ0v) is 17.8. The van der Waals surface area contributed by atoms with Crippen molar-refractivity contribution in [1.82, 2.24) is 4.90 Å². The Morgan fingerprint density at radius 1 is 1.15 bits per heavy atom. The normalized spacial score (nSPS) is 22.1. The third-order valence-electron chi connectivity index (χ3n) is 5.09. The first-order valence-corrected chi connectivity index (χ1v) is 9.50. The molecule has 27 heavy (non-hydrogen) atoms. The fraction of sp³-hybridized carbons (Fsp3) is 0.789. The maximum atomic E-state index is 12.5. The predicted molar refractivity (Wildman–Crippen MR) is 102 cm³/mol. The van der Waals surface area contributed by atoms with E-state index in [2.05, 4.69) is 0 Å². The van der Waals surface area contributed by atoms with Crippen LogP contribution >= 0.6 is 0 Å². The molecule has 2 aliphatic rings. The lowest BCUT2D eigenvalue weighted by molar-refractivity contribution is -0.138. The summed E-state index contributed by atoms with van der Waals surface area (Å²) >= 11 is 0. The highest BCUT2D eigenvalue weighted by molar-refractivity contribution is 6.55. The Morgan fingerprint density at radius 3 is 2.19 bits per heavy atom. The van der Waals surface area contributed by atoms with Crippen LogP contribution in [-0.4, -0.2) is 60.6 Å². The van der Waals surface area contributed by atoms with Gasteiger partial charge in [-0.1, -0.05) is 0 Å². The van der Waals surface area contributed by atoms with Crippen molar-refractivity contribution in [2.75, 3.05) is 19.7 Å². The zero-order valence-electron chi connectivity index (χ0n) is 17.8. The van der Waals surface area contributed by atoms with Gasteiger partial charge >= 0.3 is 19.2 Å². The Balaban J connectivity index is 2.31. The average molecular weight is 381 g/mol. The minimum absolute atomic E-state index is 0.208. The second-order valence-electron chi connectivity index (χ2n) is 8.96. The maximum Gasteiger partial charge on any atom is 0.492 e. The predicted octanol–water partition coefficient (Wildman–Crippen LogP) is 3.12. The number of hydrogen-bond acceptors (Lipinski definition) is 6. The molecule has 0 aromatic rings. The van der Waals surface area contributed by atoms with Gasteiger partial charge in [0.05, 0.1) is 17.8 Å². The van der Waals surface area contributed by atoms with E-state index in [1.54, 1.807) is 11.8 Å². The van der Waals surface area contributed by atoms with E-state index in [9.17, 15) is 9.59 Å². The fourth-order valence-corrected chi connectivity index (χ4v) is 2.92. The van der Waals surface area contributed by atoms with Crippen molar-refractivity contribution in [3.8, 4) is 0 Å². The van der Waals surface area contributed by atoms with Crippen LogP contribution in [0, 0.1) is 0 Å². The molecule has 8 heteroatoms. The van der Waals surface area contributed by atoms with Gasteiger partial charge in [0.15, 0.2) is 0 Å². The molecular weight excluding hydrogens is 349 g/mol. The first-order valence-electron chi connectivity index (χ1n) is 9.50. The Hall–Kier alpha value is -1.54. The Kier molecular flexibility index (Phi) is 6.02. The molecule has 1 amide bonds. The highest BCUT2D eigenvalue weighted by Gasteiger charge is 2.54. The largest absolute Gasteiger partial charge is 0.492 e. The topological polar surface area (TPSA) is 74.3 Å². The molecule has 0 saturated carbocycles. The molecule has 0 unspecified atom stereocenters. The quantitative estimate of drug-likeness (QED) is 0.553. The molecule has 7 nitrogen and oxygen atoms in total. The molecule has 0 aromatic heterocycles. The average Bonchev–Trinajstić information content (AvgIpc) is 2.73. The first kappa shape index (κ1) is 21.8. The summed E-state index contributed by atoms with van der Waals surface area (Å²) in [6, 6.07) is 0. The van der Waals surface area contributed by atoms with E-state index >= 15 is 0 Å². The van der Waals surface area contributed by atoms with Gasteiger partial charge in [0.25, 0.3) is 0 Å². The molecule has 2 heterocycles. The molecule has 0 radical (unpaired) electrons. The van der Waals surface area contributed by atoms with E-state index in [0.29, 0.717) is 24.0 Å². The van der Waals surface area contributed by atoms with E-state index in [0.717, 1.165) is 0 Å². The number of esters is 1. The number of nitrogens with zero attached hydrogens (tertiary/aromatic N) is 1. The zero-order chi connectivity index (χ0) is 20.6. The Labute approximate surface area is 162 Å². The van der Waals surface area contributed by atoms with E-state index in [4.69, 9.17) is 18.8 Å². The van der Waals surface area contributed by atoms with Crippen molar-refractivity contribution in [3.63, 3.8) is 0 Å². The van der Waals surface area contributed by atoms with Crippen LogP contribution in [0.3, 0.4) is 0 Å². The van der Waals surface area contributed by atoms with Crippen LogP contribution in [0.5, 0.6) is 0 Å². The van der Waals surface area contributed by atoms with E-state index in [1.165, 1.54) is 0 Å². The van der Waals surface area contributed by atoms with Crippen molar-refractivity contribution >= 4 is 19.2 Å². The van der Waals surface area contributed by atoms with Gasteiger partial charge in [-0.15, -0.1) is 0 Å². The summed E-state index contributed by atoms with van der Waals surface area (Å²) in [4.78, 5) is 26.6. The van der Waals surface area contributed by atoms with Crippen molar-refractivity contribution in [1.29, 1.82) is 0 Å². The second kappa shape index (κ2) is 7.47. The van der Waals surface area contributed by atoms with Crippen LogP contribution < -0.4 is 0 Å². The molecule has 2 rings (SSSR count). The van der Waals surface area contributed by atoms with Gasteiger partial charge in [0.1, 0.15) is 5.60 Å². The number of carbonyl (C=O) groups is 2. The van der Waals surface area contributed by atoms with Crippen molar-refractivity contribution in [3.05, 3.63) is 11.0 Å². The van der Waals surface area contributed by atoms with Crippen LogP contribution in [0.2, 0.25) is 0 Å². The van der Waals surface area contributed by atoms with Gasteiger partial charge in [0.2, 0.25) is 0 Å². The summed E-state index contributed by atoms with van der Waals surface area (Å²) in [5, 5.41) is 0. The number of ether oxygens (including phenoxy) is 2. The second-order valence-corrected chi connectivity index (χ2v) is 8.96. The smallest absolute Gasteiger partial charge is 0.463 e. The summed E-state index contributed by atoms with van der Waals surface area (Å²) in [6.45, 7) is 15.9. The lowest BCUT2D eigenvalue weighted by atomic mass is 9.72. The molecule has 0 N–H and O–H groups in total. The molecular formula is C19H32BNO6. The Morgan fingerprint density at radius 2 is 1.70 bits per heavy atom. The number of rotatable bonds is 3. The van der Waals surface area contributed by atoms with Crippen LogP contribution in [0.25, 0.3) is 0 Å². The third-order valence-corrected chi connectivity index (χ3v) is 5.09. The summed E-state index contributed by atoms with van der Waals surface area (Å²) in [5.74, 6) is -0.383. The SMILES string of the molecule is CCOC(=O)C1=C(B2OC(C)(C)C(C)(C)O2)CN(C(=O)OC(C)(C)C)CC1. The highest BCUT2D eigenvalue weighted by atomic mass is 16.7. The lowest BCUT2D eigenvalue weighted by Crippen LogP contribution is -2.45. The standard InChI is InChI=1S/C19H32BNO6/c1-9-24-15(22)13-10-11-21(16(23)25-17(2,3)4)12-14(13)20-26-18(5,6)19(7,8)27-20/h9-12H2,1-8H3. The van der Waals surface area contributed by atoms with Gasteiger partial charge in [0, 0.05) is 18.7 Å². The fourth-order valence-electron chi connectivity index (χ4n) is 2.92. The number of carbonyl (C=O) groups excluding carboxylic acids is 2. The molecule has 0 atom stereocenters. The third kappa shape index (κ3) is 4.85. The van der Waals surface area contributed by atoms with Crippen molar-refractivity contribution < 1.29 is 28.4 Å². The molecule has 0 aliphatic carbocycles. The molecule has 152 valence electrons. The lowest BCUT2D eigenvalue weighted by Gasteiger charge is -2.32. The highest BCUT2D eigenvalue weighted by Crippen LogP contribution is 2.40. The van der Waals surface area contributed by atoms with Crippen molar-refractivity contribution in [2.45, 2.75) is 78.6 Å². The molecule has 2 aliphatic heterocycles. The Bertz CT molecular complexity index is 619. The maximum absolute atomic E-state index is 12.5. The molecule has 1 fully saturated rings. The number of amides is 1. The summed E-state index contributed by atoms with van der Waals surface area (Å²) in [7, 11) is -0.709. The minimum Gasteiger partial charge on any atom is -0.463 e. The molecule has 0 spiro atoms. The van der Waals surface area contributed by atoms with Gasteiger partial charge in [-0.3, -0.25) is 0 Å². The molecule has 1 saturated heterocycles. The van der Waals surface area contributed by atoms with E-state index < -0.39 is 30.0 Å². The van der Waals surface area contributed by atoms with Crippen LogP contribution in [0.4, 0.5) is 4.79 Å². The number of hydrogen-bond donors (Lipinski definition) is 0. The van der Waals surface area contributed by atoms with Crippen molar-refractivity contribution in [2.24, 2.45) is 0 Å². The summed E-state index contributed by atoms with van der Waals surface area (Å²) in [5.41, 5.74) is -0.524. The van der Waals surface area contributed by atoms with Gasteiger partial charge in [-0.05, 0) is 67.3 Å². The van der Waals surface area contributed by atoms with E-state index in [1.807, 2.05) is 48.5 Å². The first-order chi connectivity index (χ1) is 12.3. The van der Waals surface area contributed by atoms with Gasteiger partial charge < -0.3 is 23.7 Å². The minimum atomic E-state index is -0.709. The molecule has 0 aromatic carbocycles. The van der Waals surface area contributed by atoms with Crippen LogP contribution in [-0.2, 0) is 23.6 Å². The van der Waals surface area contributed by atoms with Gasteiger partial charge in [-0.2, -0.15) is 0 Å². The van der Waals surface area contributed by atoms with Gasteiger partial charge in [-0.25, -0.2) is 9.59 Å². The monoisotopic (exact) mass is 381 g/mol.